The van der Waals surface area contributed by atoms with Crippen LogP contribution in [0.15, 0.2) is 35.3 Å². The van der Waals surface area contributed by atoms with Crippen LogP contribution in [0, 0.1) is 0 Å². The zero-order valence-electron chi connectivity index (χ0n) is 16.9. The van der Waals surface area contributed by atoms with Crippen LogP contribution in [0.4, 0.5) is 0 Å². The van der Waals surface area contributed by atoms with Gasteiger partial charge in [0.15, 0.2) is 5.96 Å². The molecule has 0 saturated carbocycles. The normalized spacial score (nSPS) is 16.4. The number of nitrogens with zero attached hydrogens (tertiary/aromatic N) is 2. The lowest BCUT2D eigenvalue weighted by Gasteiger charge is -2.18. The van der Waals surface area contributed by atoms with Crippen molar-refractivity contribution in [2.24, 2.45) is 4.99 Å². The number of aliphatic imine (C=N–C) groups is 1. The summed E-state index contributed by atoms with van der Waals surface area (Å²) in [5, 5.41) is 6.42. The van der Waals surface area contributed by atoms with Crippen LogP contribution in [0.3, 0.4) is 0 Å². The average Bonchev–Trinajstić information content (AvgIpc) is 3.20. The van der Waals surface area contributed by atoms with Crippen molar-refractivity contribution in [2.75, 3.05) is 47.0 Å². The largest absolute Gasteiger partial charge is 0.379 e. The predicted molar refractivity (Wildman–Crippen MR) is 122 cm³/mol. The van der Waals surface area contributed by atoms with E-state index in [0.29, 0.717) is 38.7 Å². The third-order valence-electron chi connectivity index (χ3n) is 4.40. The van der Waals surface area contributed by atoms with Crippen LogP contribution in [-0.2, 0) is 20.8 Å². The number of guanidine groups is 1. The molecule has 1 aromatic rings. The van der Waals surface area contributed by atoms with Gasteiger partial charge in [-0.1, -0.05) is 30.3 Å². The fourth-order valence-electron chi connectivity index (χ4n) is 2.82. The maximum Gasteiger partial charge on any atom is 0.224 e. The third-order valence-corrected chi connectivity index (χ3v) is 4.40. The molecular formula is C20H33IN4O3. The van der Waals surface area contributed by atoms with Gasteiger partial charge in [-0.15, -0.1) is 24.0 Å². The average molecular weight is 504 g/mol. The highest BCUT2D eigenvalue weighted by atomic mass is 127. The fraction of sp³-hybridized carbons (Fsp3) is 0.600. The van der Waals surface area contributed by atoms with Gasteiger partial charge >= 0.3 is 0 Å². The Morgan fingerprint density at radius 3 is 2.71 bits per heavy atom. The molecule has 1 aliphatic rings. The van der Waals surface area contributed by atoms with E-state index in [1.807, 2.05) is 37.4 Å². The first-order valence-electron chi connectivity index (χ1n) is 9.61. The maximum atomic E-state index is 12.2. The lowest BCUT2D eigenvalue weighted by atomic mass is 10.2. The van der Waals surface area contributed by atoms with Gasteiger partial charge in [0.1, 0.15) is 0 Å². The molecule has 1 aromatic carbocycles. The zero-order valence-corrected chi connectivity index (χ0v) is 19.2. The Morgan fingerprint density at radius 1 is 1.29 bits per heavy atom. The Bertz CT molecular complexity index is 580. The lowest BCUT2D eigenvalue weighted by molar-refractivity contribution is -0.130. The topological polar surface area (TPSA) is 75.2 Å². The number of rotatable bonds is 10. The van der Waals surface area contributed by atoms with Gasteiger partial charge in [0.25, 0.3) is 0 Å². The van der Waals surface area contributed by atoms with Crippen LogP contribution >= 0.6 is 24.0 Å². The molecule has 28 heavy (non-hydrogen) atoms. The number of benzene rings is 1. The molecule has 7 nitrogen and oxygen atoms in total. The molecule has 1 unspecified atom stereocenters. The van der Waals surface area contributed by atoms with E-state index in [0.717, 1.165) is 31.6 Å². The molecule has 0 aromatic heterocycles. The van der Waals surface area contributed by atoms with Gasteiger partial charge < -0.3 is 25.0 Å². The molecule has 1 saturated heterocycles. The lowest BCUT2D eigenvalue weighted by Crippen LogP contribution is -2.40. The highest BCUT2D eigenvalue weighted by molar-refractivity contribution is 14.0. The second-order valence-corrected chi connectivity index (χ2v) is 6.62. The molecule has 1 heterocycles. The summed E-state index contributed by atoms with van der Waals surface area (Å²) < 4.78 is 11.0. The number of hydrogen-bond donors (Lipinski definition) is 2. The van der Waals surface area contributed by atoms with E-state index in [9.17, 15) is 4.79 Å². The number of halogens is 1. The summed E-state index contributed by atoms with van der Waals surface area (Å²) >= 11 is 0. The van der Waals surface area contributed by atoms with Crippen molar-refractivity contribution in [1.82, 2.24) is 15.5 Å². The summed E-state index contributed by atoms with van der Waals surface area (Å²) in [6, 6.07) is 9.99. The Labute approximate surface area is 185 Å². The fourth-order valence-corrected chi connectivity index (χ4v) is 2.82. The van der Waals surface area contributed by atoms with E-state index in [1.54, 1.807) is 11.9 Å². The SMILES string of the molecule is CN=C(NCCCOC1CCOC1)NCCC(=O)N(C)Cc1ccccc1.I. The molecule has 1 atom stereocenters. The van der Waals surface area contributed by atoms with E-state index < -0.39 is 0 Å². The molecule has 1 amide bonds. The number of hydrogen-bond acceptors (Lipinski definition) is 4. The van der Waals surface area contributed by atoms with Gasteiger partial charge in [-0.05, 0) is 18.4 Å². The summed E-state index contributed by atoms with van der Waals surface area (Å²) in [5.74, 6) is 0.812. The van der Waals surface area contributed by atoms with Gasteiger partial charge in [0.2, 0.25) is 5.91 Å². The van der Waals surface area contributed by atoms with Crippen LogP contribution in [0.1, 0.15) is 24.8 Å². The molecule has 8 heteroatoms. The van der Waals surface area contributed by atoms with E-state index in [-0.39, 0.29) is 36.0 Å². The maximum absolute atomic E-state index is 12.2. The molecule has 2 N–H and O–H groups in total. The first kappa shape index (κ1) is 24.6. The van der Waals surface area contributed by atoms with Crippen molar-refractivity contribution in [3.8, 4) is 0 Å². The molecule has 158 valence electrons. The van der Waals surface area contributed by atoms with Crippen LogP contribution in [0.2, 0.25) is 0 Å². The predicted octanol–water partition coefficient (Wildman–Crippen LogP) is 2.01. The van der Waals surface area contributed by atoms with Crippen molar-refractivity contribution in [2.45, 2.75) is 31.9 Å². The molecule has 0 spiro atoms. The number of carbonyl (C=O) groups excluding carboxylic acids is 1. The van der Waals surface area contributed by atoms with E-state index in [1.165, 1.54) is 0 Å². The molecule has 0 radical (unpaired) electrons. The number of amides is 1. The van der Waals surface area contributed by atoms with E-state index >= 15 is 0 Å². The Balaban J connectivity index is 0.00000392. The minimum Gasteiger partial charge on any atom is -0.379 e. The molecular weight excluding hydrogens is 471 g/mol. The van der Waals surface area contributed by atoms with Gasteiger partial charge in [0, 0.05) is 53.4 Å². The van der Waals surface area contributed by atoms with E-state index in [2.05, 4.69) is 15.6 Å². The molecule has 2 rings (SSSR count). The van der Waals surface area contributed by atoms with Crippen molar-refractivity contribution in [3.63, 3.8) is 0 Å². The summed E-state index contributed by atoms with van der Waals surface area (Å²) in [6.45, 7) is 4.17. The summed E-state index contributed by atoms with van der Waals surface area (Å²) in [6.07, 6.45) is 2.56. The van der Waals surface area contributed by atoms with Crippen molar-refractivity contribution in [1.29, 1.82) is 0 Å². The summed E-state index contributed by atoms with van der Waals surface area (Å²) in [4.78, 5) is 18.2. The van der Waals surface area contributed by atoms with Crippen molar-refractivity contribution >= 4 is 35.8 Å². The highest BCUT2D eigenvalue weighted by Gasteiger charge is 2.15. The molecule has 1 fully saturated rings. The second kappa shape index (κ2) is 14.6. The van der Waals surface area contributed by atoms with Crippen molar-refractivity contribution in [3.05, 3.63) is 35.9 Å². The standard InChI is InChI=1S/C20H32N4O3.HI/c1-21-20(22-11-6-13-27-18-10-14-26-16-18)23-12-9-19(25)24(2)15-17-7-4-3-5-8-17;/h3-5,7-8,18H,6,9-16H2,1-2H3,(H2,21,22,23);1H. The Hall–Kier alpha value is -1.39. The van der Waals surface area contributed by atoms with Crippen molar-refractivity contribution < 1.29 is 14.3 Å². The molecule has 1 aliphatic heterocycles. The van der Waals surface area contributed by atoms with Crippen LogP contribution < -0.4 is 10.6 Å². The number of nitrogens with one attached hydrogen (secondary N) is 2. The first-order valence-corrected chi connectivity index (χ1v) is 9.61. The zero-order chi connectivity index (χ0) is 19.3. The molecule has 0 bridgehead atoms. The summed E-state index contributed by atoms with van der Waals surface area (Å²) in [7, 11) is 3.56. The minimum atomic E-state index is 0. The number of ether oxygens (including phenoxy) is 2. The quantitative estimate of drug-likeness (QED) is 0.221. The second-order valence-electron chi connectivity index (χ2n) is 6.62. The number of carbonyl (C=O) groups is 1. The van der Waals surface area contributed by atoms with Crippen LogP contribution in [-0.4, -0.2) is 69.9 Å². The highest BCUT2D eigenvalue weighted by Crippen LogP contribution is 2.08. The van der Waals surface area contributed by atoms with Gasteiger partial charge in [-0.25, -0.2) is 0 Å². The first-order chi connectivity index (χ1) is 13.2. The molecule has 0 aliphatic carbocycles. The van der Waals surface area contributed by atoms with E-state index in [4.69, 9.17) is 9.47 Å². The van der Waals surface area contributed by atoms with Crippen LogP contribution in [0.5, 0.6) is 0 Å². The van der Waals surface area contributed by atoms with Gasteiger partial charge in [-0.2, -0.15) is 0 Å². The monoisotopic (exact) mass is 504 g/mol. The minimum absolute atomic E-state index is 0. The van der Waals surface area contributed by atoms with Crippen LogP contribution in [0.25, 0.3) is 0 Å². The Kier molecular flexibility index (Phi) is 12.8. The van der Waals surface area contributed by atoms with Gasteiger partial charge in [-0.3, -0.25) is 9.79 Å². The smallest absolute Gasteiger partial charge is 0.224 e. The van der Waals surface area contributed by atoms with Gasteiger partial charge in [0.05, 0.1) is 12.7 Å². The Morgan fingerprint density at radius 2 is 2.04 bits per heavy atom. The summed E-state index contributed by atoms with van der Waals surface area (Å²) in [5.41, 5.74) is 1.13. The third kappa shape index (κ3) is 9.70.